The standard InChI is InChI=1S/C24H31ClN2O/c1-18(2)13-27(19(3)28)16-22-15-26(14-20-9-11-23(25)12-10-20)17-24(22)21-7-5-4-6-8-21/h4-12,18,22,24H,13-17H2,1-3H3. The highest BCUT2D eigenvalue weighted by Crippen LogP contribution is 2.34. The van der Waals surface area contributed by atoms with Crippen LogP contribution in [-0.2, 0) is 11.3 Å². The van der Waals surface area contributed by atoms with E-state index in [9.17, 15) is 4.79 Å². The van der Waals surface area contributed by atoms with Gasteiger partial charge in [-0.25, -0.2) is 0 Å². The fraction of sp³-hybridized carbons (Fsp3) is 0.458. The minimum Gasteiger partial charge on any atom is -0.342 e. The van der Waals surface area contributed by atoms with Crippen molar-refractivity contribution in [3.8, 4) is 0 Å². The van der Waals surface area contributed by atoms with Crippen molar-refractivity contribution >= 4 is 17.5 Å². The lowest BCUT2D eigenvalue weighted by Gasteiger charge is -2.29. The first-order chi connectivity index (χ1) is 13.4. The molecule has 1 heterocycles. The fourth-order valence-electron chi connectivity index (χ4n) is 4.26. The molecular formula is C24H31ClN2O. The molecule has 28 heavy (non-hydrogen) atoms. The maximum atomic E-state index is 12.2. The van der Waals surface area contributed by atoms with E-state index in [-0.39, 0.29) is 5.91 Å². The van der Waals surface area contributed by atoms with Crippen molar-refractivity contribution in [3.63, 3.8) is 0 Å². The van der Waals surface area contributed by atoms with Gasteiger partial charge in [0.05, 0.1) is 0 Å². The highest BCUT2D eigenvalue weighted by atomic mass is 35.5. The molecule has 0 aromatic heterocycles. The number of halogens is 1. The topological polar surface area (TPSA) is 23.6 Å². The molecule has 1 fully saturated rings. The molecule has 1 saturated heterocycles. The molecular weight excluding hydrogens is 368 g/mol. The molecule has 150 valence electrons. The molecule has 0 saturated carbocycles. The molecule has 3 nitrogen and oxygen atoms in total. The van der Waals surface area contributed by atoms with Crippen LogP contribution in [0.3, 0.4) is 0 Å². The molecule has 0 bridgehead atoms. The minimum absolute atomic E-state index is 0.177. The second-order valence-electron chi connectivity index (χ2n) is 8.42. The Morgan fingerprint density at radius 2 is 1.79 bits per heavy atom. The first-order valence-corrected chi connectivity index (χ1v) is 10.6. The van der Waals surface area contributed by atoms with Crippen LogP contribution in [0.1, 0.15) is 37.8 Å². The number of benzene rings is 2. The van der Waals surface area contributed by atoms with Crippen LogP contribution in [0.4, 0.5) is 0 Å². The molecule has 0 spiro atoms. The Kier molecular flexibility index (Phi) is 7.14. The number of carbonyl (C=O) groups is 1. The van der Waals surface area contributed by atoms with Crippen molar-refractivity contribution in [1.29, 1.82) is 0 Å². The molecule has 1 aliphatic heterocycles. The summed E-state index contributed by atoms with van der Waals surface area (Å²) >= 11 is 6.03. The van der Waals surface area contributed by atoms with Crippen LogP contribution in [0.25, 0.3) is 0 Å². The number of likely N-dealkylation sites (tertiary alicyclic amines) is 1. The van der Waals surface area contributed by atoms with Gasteiger partial charge in [-0.2, -0.15) is 0 Å². The molecule has 0 radical (unpaired) electrons. The molecule has 2 atom stereocenters. The van der Waals surface area contributed by atoms with E-state index in [4.69, 9.17) is 11.6 Å². The smallest absolute Gasteiger partial charge is 0.219 e. The van der Waals surface area contributed by atoms with E-state index in [1.807, 2.05) is 17.0 Å². The first-order valence-electron chi connectivity index (χ1n) is 10.2. The Labute approximate surface area is 174 Å². The summed E-state index contributed by atoms with van der Waals surface area (Å²) in [5, 5.41) is 0.774. The first kappa shape index (κ1) is 20.9. The zero-order valence-electron chi connectivity index (χ0n) is 17.1. The zero-order valence-corrected chi connectivity index (χ0v) is 17.9. The van der Waals surface area contributed by atoms with Crippen molar-refractivity contribution in [2.45, 2.75) is 33.2 Å². The molecule has 1 amide bonds. The Morgan fingerprint density at radius 3 is 2.39 bits per heavy atom. The van der Waals surface area contributed by atoms with Crippen molar-refractivity contribution in [2.24, 2.45) is 11.8 Å². The molecule has 2 aromatic carbocycles. The van der Waals surface area contributed by atoms with Gasteiger partial charge >= 0.3 is 0 Å². The van der Waals surface area contributed by atoms with Gasteiger partial charge in [0.1, 0.15) is 0 Å². The van der Waals surface area contributed by atoms with Crippen LogP contribution in [0, 0.1) is 11.8 Å². The van der Waals surface area contributed by atoms with E-state index in [0.29, 0.717) is 17.8 Å². The van der Waals surface area contributed by atoms with Crippen molar-refractivity contribution in [3.05, 3.63) is 70.7 Å². The highest BCUT2D eigenvalue weighted by Gasteiger charge is 2.35. The van der Waals surface area contributed by atoms with Gasteiger partial charge in [-0.1, -0.05) is 67.9 Å². The third kappa shape index (κ3) is 5.59. The monoisotopic (exact) mass is 398 g/mol. The van der Waals surface area contributed by atoms with Gasteiger partial charge in [0.25, 0.3) is 0 Å². The van der Waals surface area contributed by atoms with Crippen LogP contribution in [0.15, 0.2) is 54.6 Å². The summed E-state index contributed by atoms with van der Waals surface area (Å²) in [7, 11) is 0. The van der Waals surface area contributed by atoms with Gasteiger partial charge in [-0.15, -0.1) is 0 Å². The summed E-state index contributed by atoms with van der Waals surface area (Å²) in [4.78, 5) is 16.8. The van der Waals surface area contributed by atoms with Gasteiger partial charge in [-0.3, -0.25) is 9.69 Å². The maximum absolute atomic E-state index is 12.2. The van der Waals surface area contributed by atoms with E-state index in [2.05, 4.69) is 61.2 Å². The maximum Gasteiger partial charge on any atom is 0.219 e. The van der Waals surface area contributed by atoms with E-state index < -0.39 is 0 Å². The lowest BCUT2D eigenvalue weighted by Crippen LogP contribution is -2.38. The third-order valence-corrected chi connectivity index (χ3v) is 5.80. The summed E-state index contributed by atoms with van der Waals surface area (Å²) in [6, 6.07) is 18.9. The Bertz CT molecular complexity index is 760. The van der Waals surface area contributed by atoms with Crippen LogP contribution in [0.2, 0.25) is 5.02 Å². The summed E-state index contributed by atoms with van der Waals surface area (Å²) in [5.41, 5.74) is 2.65. The predicted molar refractivity (Wildman–Crippen MR) is 116 cm³/mol. The summed E-state index contributed by atoms with van der Waals surface area (Å²) in [6.07, 6.45) is 0. The molecule has 0 N–H and O–H groups in total. The summed E-state index contributed by atoms with van der Waals surface area (Å²) < 4.78 is 0. The lowest BCUT2D eigenvalue weighted by atomic mass is 9.88. The molecule has 4 heteroatoms. The molecule has 2 unspecified atom stereocenters. The molecule has 2 aromatic rings. The number of nitrogens with zero attached hydrogens (tertiary/aromatic N) is 2. The van der Waals surface area contributed by atoms with Crippen molar-refractivity contribution in [2.75, 3.05) is 26.2 Å². The minimum atomic E-state index is 0.177. The van der Waals surface area contributed by atoms with Gasteiger partial charge in [0.2, 0.25) is 5.91 Å². The normalized spacial score (nSPS) is 19.9. The van der Waals surface area contributed by atoms with E-state index >= 15 is 0 Å². The molecule has 0 aliphatic carbocycles. The van der Waals surface area contributed by atoms with Gasteiger partial charge < -0.3 is 4.90 Å². The quantitative estimate of drug-likeness (QED) is 0.650. The van der Waals surface area contributed by atoms with Gasteiger partial charge in [0.15, 0.2) is 0 Å². The Morgan fingerprint density at radius 1 is 1.11 bits per heavy atom. The fourth-order valence-corrected chi connectivity index (χ4v) is 4.38. The van der Waals surface area contributed by atoms with E-state index in [1.165, 1.54) is 11.1 Å². The largest absolute Gasteiger partial charge is 0.342 e. The lowest BCUT2D eigenvalue weighted by molar-refractivity contribution is -0.130. The Hall–Kier alpha value is -1.84. The summed E-state index contributed by atoms with van der Waals surface area (Å²) in [5.74, 6) is 1.54. The van der Waals surface area contributed by atoms with Gasteiger partial charge in [-0.05, 0) is 35.1 Å². The average molecular weight is 399 g/mol. The van der Waals surface area contributed by atoms with Crippen LogP contribution < -0.4 is 0 Å². The number of rotatable bonds is 7. The van der Waals surface area contributed by atoms with Gasteiger partial charge in [0, 0.05) is 50.6 Å². The van der Waals surface area contributed by atoms with Crippen LogP contribution in [-0.4, -0.2) is 41.9 Å². The van der Waals surface area contributed by atoms with E-state index in [0.717, 1.165) is 37.7 Å². The number of amides is 1. The highest BCUT2D eigenvalue weighted by molar-refractivity contribution is 6.30. The third-order valence-electron chi connectivity index (χ3n) is 5.55. The van der Waals surface area contributed by atoms with Crippen molar-refractivity contribution in [1.82, 2.24) is 9.80 Å². The van der Waals surface area contributed by atoms with Crippen LogP contribution in [0.5, 0.6) is 0 Å². The SMILES string of the molecule is CC(=O)N(CC(C)C)CC1CN(Cc2ccc(Cl)cc2)CC1c1ccccc1. The second-order valence-corrected chi connectivity index (χ2v) is 8.85. The summed E-state index contributed by atoms with van der Waals surface area (Å²) in [6.45, 7) is 10.6. The zero-order chi connectivity index (χ0) is 20.1. The number of carbonyl (C=O) groups excluding carboxylic acids is 1. The second kappa shape index (κ2) is 9.58. The predicted octanol–water partition coefficient (Wildman–Crippen LogP) is 5.06. The van der Waals surface area contributed by atoms with E-state index in [1.54, 1.807) is 6.92 Å². The number of hydrogen-bond acceptors (Lipinski definition) is 2. The Balaban J connectivity index is 1.76. The van der Waals surface area contributed by atoms with Crippen LogP contribution >= 0.6 is 11.6 Å². The molecule has 1 aliphatic rings. The molecule has 3 rings (SSSR count). The van der Waals surface area contributed by atoms with Crippen molar-refractivity contribution < 1.29 is 4.79 Å². The average Bonchev–Trinajstić information content (AvgIpc) is 3.05. The number of hydrogen-bond donors (Lipinski definition) is 0.